The lowest BCUT2D eigenvalue weighted by Crippen LogP contribution is -2.39. The van der Waals surface area contributed by atoms with E-state index >= 15 is 0 Å². The van der Waals surface area contributed by atoms with E-state index in [-0.39, 0.29) is 30.0 Å². The van der Waals surface area contributed by atoms with Gasteiger partial charge in [-0.05, 0) is 18.2 Å². The van der Waals surface area contributed by atoms with Crippen LogP contribution in [0.25, 0.3) is 10.9 Å². The second-order valence-corrected chi connectivity index (χ2v) is 8.41. The van der Waals surface area contributed by atoms with Crippen LogP contribution in [0.3, 0.4) is 0 Å². The van der Waals surface area contributed by atoms with Gasteiger partial charge in [0.25, 0.3) is 5.91 Å². The molecule has 0 spiro atoms. The Hall–Kier alpha value is -2.98. The molecule has 0 radical (unpaired) electrons. The largest absolute Gasteiger partial charge is 0.466 e. The van der Waals surface area contributed by atoms with E-state index < -0.39 is 21.7 Å². The van der Waals surface area contributed by atoms with Crippen molar-refractivity contribution < 1.29 is 22.4 Å². The molecule has 140 valence electrons. The van der Waals surface area contributed by atoms with E-state index in [1.807, 2.05) is 6.20 Å². The van der Waals surface area contributed by atoms with Gasteiger partial charge in [-0.2, -0.15) is 9.40 Å². The predicted molar refractivity (Wildman–Crippen MR) is 97.0 cm³/mol. The summed E-state index contributed by atoms with van der Waals surface area (Å²) >= 11 is 0. The first-order chi connectivity index (χ1) is 12.7. The van der Waals surface area contributed by atoms with Crippen LogP contribution in [0, 0.1) is 0 Å². The molecule has 4 rings (SSSR count). The molecule has 0 atom stereocenters. The number of furan rings is 1. The van der Waals surface area contributed by atoms with Crippen LogP contribution in [-0.2, 0) is 23.6 Å². The third-order valence-electron chi connectivity index (χ3n) is 4.38. The number of sulfonamides is 1. The number of benzene rings is 1. The monoisotopic (exact) mass is 388 g/mol. The Balaban J connectivity index is 1.61. The topological polar surface area (TPSA) is 115 Å². The maximum Gasteiger partial charge on any atom is 0.259 e. The number of nitrogens with zero attached hydrogens (tertiary/aromatic N) is 3. The number of Topliss-reactive ketones (excluding diaryl/α,β-unsaturated/α-hetero) is 1. The van der Waals surface area contributed by atoms with Gasteiger partial charge in [-0.25, -0.2) is 8.42 Å². The lowest BCUT2D eigenvalue weighted by Gasteiger charge is -2.22. The van der Waals surface area contributed by atoms with Gasteiger partial charge >= 0.3 is 0 Å². The van der Waals surface area contributed by atoms with Gasteiger partial charge in [0.1, 0.15) is 12.0 Å². The fourth-order valence-electron chi connectivity index (χ4n) is 3.10. The summed E-state index contributed by atoms with van der Waals surface area (Å²) in [6.07, 6.45) is 4.04. The van der Waals surface area contributed by atoms with Gasteiger partial charge in [0.15, 0.2) is 5.78 Å². The highest BCUT2D eigenvalue weighted by Crippen LogP contribution is 2.27. The zero-order valence-electron chi connectivity index (χ0n) is 14.6. The second kappa shape index (κ2) is 6.03. The summed E-state index contributed by atoms with van der Waals surface area (Å²) in [5, 5.41) is 7.87. The number of carbonyl (C=O) groups excluding carboxylic acids is 2. The average Bonchev–Trinajstić information content (AvgIpc) is 3.16. The van der Waals surface area contributed by atoms with E-state index in [1.165, 1.54) is 6.26 Å². The second-order valence-electron chi connectivity index (χ2n) is 6.43. The van der Waals surface area contributed by atoms with Crippen LogP contribution < -0.4 is 5.32 Å². The Morgan fingerprint density at radius 1 is 1.30 bits per heavy atom. The molecular weight excluding hydrogens is 372 g/mol. The molecule has 3 aromatic rings. The van der Waals surface area contributed by atoms with Crippen molar-refractivity contribution in [1.29, 1.82) is 0 Å². The highest BCUT2D eigenvalue weighted by molar-refractivity contribution is 7.88. The van der Waals surface area contributed by atoms with Gasteiger partial charge in [0.2, 0.25) is 10.0 Å². The van der Waals surface area contributed by atoms with Crippen molar-refractivity contribution in [2.75, 3.05) is 18.1 Å². The number of amides is 1. The summed E-state index contributed by atoms with van der Waals surface area (Å²) in [7, 11) is -1.73. The minimum atomic E-state index is -3.54. The molecule has 2 aromatic heterocycles. The first-order valence-electron chi connectivity index (χ1n) is 8.06. The zero-order valence-corrected chi connectivity index (χ0v) is 15.4. The van der Waals surface area contributed by atoms with Crippen LogP contribution in [0.5, 0.6) is 0 Å². The molecule has 0 aliphatic carbocycles. The average molecular weight is 388 g/mol. The summed E-state index contributed by atoms with van der Waals surface area (Å²) < 4.78 is 31.4. The Kier molecular flexibility index (Phi) is 3.89. The number of anilines is 1. The maximum atomic E-state index is 12.6. The molecule has 0 saturated heterocycles. The molecule has 3 heterocycles. The molecule has 27 heavy (non-hydrogen) atoms. The van der Waals surface area contributed by atoms with Crippen molar-refractivity contribution in [3.63, 3.8) is 0 Å². The van der Waals surface area contributed by atoms with Crippen molar-refractivity contribution in [1.82, 2.24) is 14.1 Å². The molecule has 9 nitrogen and oxygen atoms in total. The van der Waals surface area contributed by atoms with Gasteiger partial charge in [-0.1, -0.05) is 0 Å². The van der Waals surface area contributed by atoms with Crippen LogP contribution in [-0.4, -0.2) is 47.0 Å². The Morgan fingerprint density at radius 3 is 2.81 bits per heavy atom. The van der Waals surface area contributed by atoms with Gasteiger partial charge in [-0.3, -0.25) is 14.3 Å². The fraction of sp³-hybridized carbons (Fsp3) is 0.235. The number of carbonyl (C=O) groups is 2. The van der Waals surface area contributed by atoms with E-state index in [1.54, 1.807) is 29.9 Å². The van der Waals surface area contributed by atoms with Crippen LogP contribution in [0.4, 0.5) is 5.69 Å². The SMILES string of the molecule is Cn1cc2cc(NC(=O)c3coc4c3C(=O)CN(S(C)(=O)=O)C4)ccc2n1. The number of nitrogens with one attached hydrogen (secondary N) is 1. The Bertz CT molecular complexity index is 1190. The Morgan fingerprint density at radius 2 is 2.07 bits per heavy atom. The maximum absolute atomic E-state index is 12.6. The normalized spacial score (nSPS) is 15.1. The van der Waals surface area contributed by atoms with Crippen molar-refractivity contribution in [3.8, 4) is 0 Å². The number of hydrogen-bond acceptors (Lipinski definition) is 6. The van der Waals surface area contributed by atoms with Crippen LogP contribution >= 0.6 is 0 Å². The van der Waals surface area contributed by atoms with Gasteiger partial charge in [0, 0.05) is 24.3 Å². The first kappa shape index (κ1) is 17.4. The summed E-state index contributed by atoms with van der Waals surface area (Å²) in [6.45, 7) is -0.387. The minimum Gasteiger partial charge on any atom is -0.466 e. The molecule has 1 aliphatic heterocycles. The number of aryl methyl sites for hydroxylation is 1. The van der Waals surface area contributed by atoms with E-state index in [9.17, 15) is 18.0 Å². The molecule has 1 aromatic carbocycles. The first-order valence-corrected chi connectivity index (χ1v) is 9.90. The highest BCUT2D eigenvalue weighted by atomic mass is 32.2. The highest BCUT2D eigenvalue weighted by Gasteiger charge is 2.35. The van der Waals surface area contributed by atoms with Crippen LogP contribution in [0.1, 0.15) is 26.5 Å². The summed E-state index contributed by atoms with van der Waals surface area (Å²) in [5.41, 5.74) is 1.58. The van der Waals surface area contributed by atoms with E-state index in [0.29, 0.717) is 5.69 Å². The van der Waals surface area contributed by atoms with E-state index in [0.717, 1.165) is 21.5 Å². The molecule has 0 bridgehead atoms. The molecule has 1 aliphatic rings. The summed E-state index contributed by atoms with van der Waals surface area (Å²) in [6, 6.07) is 5.28. The third kappa shape index (κ3) is 3.13. The van der Waals surface area contributed by atoms with Crippen molar-refractivity contribution in [2.45, 2.75) is 6.54 Å². The Labute approximate surface area is 154 Å². The van der Waals surface area contributed by atoms with Crippen molar-refractivity contribution in [3.05, 3.63) is 47.5 Å². The minimum absolute atomic E-state index is 0.0746. The number of ketones is 1. The molecule has 10 heteroatoms. The zero-order chi connectivity index (χ0) is 19.3. The quantitative estimate of drug-likeness (QED) is 0.725. The van der Waals surface area contributed by atoms with Gasteiger partial charge in [-0.15, -0.1) is 0 Å². The van der Waals surface area contributed by atoms with Gasteiger partial charge in [0.05, 0.1) is 36.0 Å². The number of hydrogen-bond donors (Lipinski definition) is 1. The lowest BCUT2D eigenvalue weighted by atomic mass is 10.0. The summed E-state index contributed by atoms with van der Waals surface area (Å²) in [5.74, 6) is -0.794. The molecular formula is C17H16N4O5S. The molecule has 1 N–H and O–H groups in total. The third-order valence-corrected chi connectivity index (χ3v) is 5.57. The standard InChI is InChI=1S/C17H16N4O5S/c1-20-6-10-5-11(3-4-13(10)19-20)18-17(23)12-9-26-15-8-21(27(2,24)25)7-14(22)16(12)15/h3-6,9H,7-8H2,1-2H3,(H,18,23). The van der Waals surface area contributed by atoms with Crippen LogP contribution in [0.15, 0.2) is 35.1 Å². The number of rotatable bonds is 3. The fourth-order valence-corrected chi connectivity index (χ4v) is 3.81. The molecule has 1 amide bonds. The molecule has 0 saturated carbocycles. The number of aromatic nitrogens is 2. The van der Waals surface area contributed by atoms with E-state index in [4.69, 9.17) is 4.42 Å². The summed E-state index contributed by atoms with van der Waals surface area (Å²) in [4.78, 5) is 25.0. The smallest absolute Gasteiger partial charge is 0.259 e. The lowest BCUT2D eigenvalue weighted by molar-refractivity contribution is 0.0933. The predicted octanol–water partition coefficient (Wildman–Crippen LogP) is 1.38. The van der Waals surface area contributed by atoms with Crippen molar-refractivity contribution >= 4 is 38.3 Å². The molecule has 0 unspecified atom stereocenters. The van der Waals surface area contributed by atoms with Gasteiger partial charge < -0.3 is 9.73 Å². The van der Waals surface area contributed by atoms with Crippen LogP contribution in [0.2, 0.25) is 0 Å². The van der Waals surface area contributed by atoms with Crippen molar-refractivity contribution in [2.24, 2.45) is 7.05 Å². The molecule has 0 fully saturated rings. The number of fused-ring (bicyclic) bond motifs is 2. The van der Waals surface area contributed by atoms with E-state index in [2.05, 4.69) is 10.4 Å².